The Morgan fingerprint density at radius 2 is 1.78 bits per heavy atom. The molecule has 2 atom stereocenters. The largest absolute Gasteiger partial charge is 0.314 e. The fourth-order valence-corrected chi connectivity index (χ4v) is 2.99. The lowest BCUT2D eigenvalue weighted by atomic mass is 9.91. The third kappa shape index (κ3) is 1.84. The fourth-order valence-electron chi connectivity index (χ4n) is 2.99. The molecule has 0 aliphatic carbocycles. The van der Waals surface area contributed by atoms with Crippen LogP contribution < -0.4 is 5.32 Å². The molecule has 2 aliphatic heterocycles. The summed E-state index contributed by atoms with van der Waals surface area (Å²) in [5.74, 6) is -3.20. The molecule has 1 saturated heterocycles. The number of hydrogen-bond acceptors (Lipinski definition) is 2. The van der Waals surface area contributed by atoms with Crippen molar-refractivity contribution in [1.29, 1.82) is 0 Å². The van der Waals surface area contributed by atoms with Gasteiger partial charge in [-0.15, -0.1) is 0 Å². The fraction of sp³-hybridized carbons (Fsp3) is 0.571. The molecule has 4 heteroatoms. The Morgan fingerprint density at radius 3 is 2.39 bits per heavy atom. The second kappa shape index (κ2) is 4.28. The van der Waals surface area contributed by atoms with Crippen molar-refractivity contribution < 1.29 is 8.78 Å². The highest BCUT2D eigenvalue weighted by Crippen LogP contribution is 2.37. The highest BCUT2D eigenvalue weighted by molar-refractivity contribution is 5.30. The summed E-state index contributed by atoms with van der Waals surface area (Å²) >= 11 is 0. The van der Waals surface area contributed by atoms with Crippen LogP contribution in [0.15, 0.2) is 24.3 Å². The molecule has 0 amide bonds. The van der Waals surface area contributed by atoms with Crippen molar-refractivity contribution in [2.75, 3.05) is 13.1 Å². The molecular weight excluding hydrogens is 234 g/mol. The second-order valence-corrected chi connectivity index (χ2v) is 5.42. The van der Waals surface area contributed by atoms with Gasteiger partial charge in [-0.25, -0.2) is 8.78 Å². The lowest BCUT2D eigenvalue weighted by molar-refractivity contribution is -0.134. The number of fused-ring (bicyclic) bond motifs is 1. The minimum Gasteiger partial charge on any atom is -0.314 e. The summed E-state index contributed by atoms with van der Waals surface area (Å²) in [5, 5.41) is 3.12. The van der Waals surface area contributed by atoms with Crippen LogP contribution in [0, 0.1) is 5.92 Å². The SMILES string of the molecule is C[C@@H]1CNC[C@H](N2Cc3ccccc3C2)C1(F)F. The molecule has 1 N–H and O–H groups in total. The average Bonchev–Trinajstić information content (AvgIpc) is 2.75. The number of nitrogens with one attached hydrogen (secondary N) is 1. The monoisotopic (exact) mass is 252 g/mol. The van der Waals surface area contributed by atoms with E-state index < -0.39 is 17.9 Å². The van der Waals surface area contributed by atoms with Crippen LogP contribution in [0.3, 0.4) is 0 Å². The zero-order chi connectivity index (χ0) is 12.8. The first kappa shape index (κ1) is 12.1. The minimum absolute atomic E-state index is 0.380. The van der Waals surface area contributed by atoms with Gasteiger partial charge in [0.1, 0.15) is 0 Å². The van der Waals surface area contributed by atoms with E-state index in [1.165, 1.54) is 11.1 Å². The van der Waals surface area contributed by atoms with E-state index in [2.05, 4.69) is 5.32 Å². The van der Waals surface area contributed by atoms with Gasteiger partial charge < -0.3 is 5.32 Å². The van der Waals surface area contributed by atoms with Gasteiger partial charge >= 0.3 is 0 Å². The summed E-state index contributed by atoms with van der Waals surface area (Å²) in [5.41, 5.74) is 2.37. The molecule has 98 valence electrons. The van der Waals surface area contributed by atoms with E-state index in [4.69, 9.17) is 0 Å². The van der Waals surface area contributed by atoms with E-state index in [1.54, 1.807) is 6.92 Å². The number of halogens is 2. The van der Waals surface area contributed by atoms with Gasteiger partial charge in [-0.1, -0.05) is 31.2 Å². The zero-order valence-corrected chi connectivity index (χ0v) is 10.5. The zero-order valence-electron chi connectivity index (χ0n) is 10.5. The second-order valence-electron chi connectivity index (χ2n) is 5.42. The normalized spacial score (nSPS) is 31.3. The summed E-state index contributed by atoms with van der Waals surface area (Å²) in [7, 11) is 0. The van der Waals surface area contributed by atoms with Gasteiger partial charge in [0.15, 0.2) is 0 Å². The van der Waals surface area contributed by atoms with E-state index in [0.29, 0.717) is 26.2 Å². The molecular formula is C14H18F2N2. The maximum atomic E-state index is 14.3. The third-order valence-electron chi connectivity index (χ3n) is 4.20. The van der Waals surface area contributed by atoms with Crippen LogP contribution >= 0.6 is 0 Å². The molecule has 18 heavy (non-hydrogen) atoms. The van der Waals surface area contributed by atoms with Crippen molar-refractivity contribution in [3.8, 4) is 0 Å². The Labute approximate surface area is 106 Å². The first-order valence-electron chi connectivity index (χ1n) is 6.48. The third-order valence-corrected chi connectivity index (χ3v) is 4.20. The topological polar surface area (TPSA) is 15.3 Å². The molecule has 3 rings (SSSR count). The number of piperidine rings is 1. The Kier molecular flexibility index (Phi) is 2.87. The lowest BCUT2D eigenvalue weighted by Gasteiger charge is -2.41. The Hall–Kier alpha value is -1.00. The predicted molar refractivity (Wildman–Crippen MR) is 66.5 cm³/mol. The Bertz CT molecular complexity index is 422. The molecule has 0 radical (unpaired) electrons. The first-order chi connectivity index (χ1) is 8.59. The van der Waals surface area contributed by atoms with Crippen molar-refractivity contribution in [1.82, 2.24) is 10.2 Å². The molecule has 0 bridgehead atoms. The van der Waals surface area contributed by atoms with E-state index in [1.807, 2.05) is 29.2 Å². The molecule has 2 heterocycles. The van der Waals surface area contributed by atoms with Crippen molar-refractivity contribution in [3.05, 3.63) is 35.4 Å². The lowest BCUT2D eigenvalue weighted by Crippen LogP contribution is -2.60. The summed E-state index contributed by atoms with van der Waals surface area (Å²) in [6, 6.07) is 7.33. The van der Waals surface area contributed by atoms with Gasteiger partial charge in [0, 0.05) is 32.1 Å². The van der Waals surface area contributed by atoms with Crippen molar-refractivity contribution in [3.63, 3.8) is 0 Å². The Balaban J connectivity index is 1.81. The molecule has 1 aromatic rings. The summed E-state index contributed by atoms with van der Waals surface area (Å²) in [6.07, 6.45) is 0. The van der Waals surface area contributed by atoms with Crippen LogP contribution in [-0.4, -0.2) is 30.0 Å². The van der Waals surface area contributed by atoms with Crippen LogP contribution in [0.25, 0.3) is 0 Å². The maximum Gasteiger partial charge on any atom is 0.268 e. The molecule has 2 aliphatic rings. The summed E-state index contributed by atoms with van der Waals surface area (Å²) in [4.78, 5) is 1.91. The van der Waals surface area contributed by atoms with Crippen LogP contribution in [-0.2, 0) is 13.1 Å². The first-order valence-corrected chi connectivity index (χ1v) is 6.48. The highest BCUT2D eigenvalue weighted by Gasteiger charge is 2.50. The number of rotatable bonds is 1. The standard InChI is InChI=1S/C14H18F2N2/c1-10-6-17-7-13(14(10,15)16)18-8-11-4-2-3-5-12(11)9-18/h2-5,10,13,17H,6-9H2,1H3/t10-,13+/m1/s1. The van der Waals surface area contributed by atoms with Crippen LogP contribution in [0.2, 0.25) is 0 Å². The van der Waals surface area contributed by atoms with Gasteiger partial charge in [0.05, 0.1) is 6.04 Å². The average molecular weight is 252 g/mol. The van der Waals surface area contributed by atoms with Gasteiger partial charge in [0.25, 0.3) is 5.92 Å². The number of alkyl halides is 2. The Morgan fingerprint density at radius 1 is 1.17 bits per heavy atom. The summed E-state index contributed by atoms with van der Waals surface area (Å²) in [6.45, 7) is 3.70. The van der Waals surface area contributed by atoms with E-state index >= 15 is 0 Å². The van der Waals surface area contributed by atoms with Gasteiger partial charge in [-0.2, -0.15) is 0 Å². The van der Waals surface area contributed by atoms with Gasteiger partial charge in [0.2, 0.25) is 0 Å². The minimum atomic E-state index is -2.60. The van der Waals surface area contributed by atoms with Crippen molar-refractivity contribution in [2.24, 2.45) is 5.92 Å². The quantitative estimate of drug-likeness (QED) is 0.824. The van der Waals surface area contributed by atoms with Crippen LogP contribution in [0.1, 0.15) is 18.1 Å². The van der Waals surface area contributed by atoms with E-state index in [9.17, 15) is 8.78 Å². The van der Waals surface area contributed by atoms with Gasteiger partial charge in [-0.05, 0) is 11.1 Å². The molecule has 0 unspecified atom stereocenters. The molecule has 0 spiro atoms. The maximum absolute atomic E-state index is 14.3. The van der Waals surface area contributed by atoms with Gasteiger partial charge in [-0.3, -0.25) is 4.90 Å². The molecule has 0 aromatic heterocycles. The van der Waals surface area contributed by atoms with Crippen LogP contribution in [0.5, 0.6) is 0 Å². The van der Waals surface area contributed by atoms with Crippen molar-refractivity contribution in [2.45, 2.75) is 32.0 Å². The van der Waals surface area contributed by atoms with Crippen LogP contribution in [0.4, 0.5) is 8.78 Å². The smallest absolute Gasteiger partial charge is 0.268 e. The molecule has 2 nitrogen and oxygen atoms in total. The number of hydrogen-bond donors (Lipinski definition) is 1. The number of benzene rings is 1. The van der Waals surface area contributed by atoms with Crippen molar-refractivity contribution >= 4 is 0 Å². The predicted octanol–water partition coefficient (Wildman–Crippen LogP) is 2.25. The molecule has 1 aromatic carbocycles. The van der Waals surface area contributed by atoms with E-state index in [-0.39, 0.29) is 0 Å². The number of nitrogens with zero attached hydrogens (tertiary/aromatic N) is 1. The molecule has 1 fully saturated rings. The highest BCUT2D eigenvalue weighted by atomic mass is 19.3. The molecule has 0 saturated carbocycles. The van der Waals surface area contributed by atoms with E-state index in [0.717, 1.165) is 0 Å². The summed E-state index contributed by atoms with van der Waals surface area (Å²) < 4.78 is 28.5.